The van der Waals surface area contributed by atoms with E-state index in [0.29, 0.717) is 6.04 Å². The Morgan fingerprint density at radius 1 is 1.50 bits per heavy atom. The van der Waals surface area contributed by atoms with E-state index in [1.165, 1.54) is 18.4 Å². The molecule has 1 saturated heterocycles. The molecule has 3 heterocycles. The van der Waals surface area contributed by atoms with Crippen molar-refractivity contribution in [2.45, 2.75) is 32.4 Å². The first-order chi connectivity index (χ1) is 9.76. The van der Waals surface area contributed by atoms with Gasteiger partial charge < -0.3 is 9.73 Å². The van der Waals surface area contributed by atoms with Crippen molar-refractivity contribution in [1.82, 2.24) is 20.4 Å². The van der Waals surface area contributed by atoms with Crippen molar-refractivity contribution >= 4 is 0 Å². The highest BCUT2D eigenvalue weighted by Crippen LogP contribution is 2.25. The van der Waals surface area contributed by atoms with Gasteiger partial charge in [-0.15, -0.1) is 0 Å². The predicted molar refractivity (Wildman–Crippen MR) is 78.4 cm³/mol. The highest BCUT2D eigenvalue weighted by Gasteiger charge is 2.20. The molecule has 2 aromatic rings. The number of hydrogen-bond donors (Lipinski definition) is 2. The lowest BCUT2D eigenvalue weighted by molar-refractivity contribution is 0.188. The molecule has 5 heteroatoms. The van der Waals surface area contributed by atoms with Gasteiger partial charge in [0.15, 0.2) is 5.76 Å². The fourth-order valence-electron chi connectivity index (χ4n) is 2.89. The van der Waals surface area contributed by atoms with E-state index in [0.717, 1.165) is 36.8 Å². The lowest BCUT2D eigenvalue weighted by Crippen LogP contribution is -2.43. The normalized spacial score (nSPS) is 20.4. The molecule has 1 aliphatic rings. The molecule has 0 bridgehead atoms. The summed E-state index contributed by atoms with van der Waals surface area (Å²) in [4.78, 5) is 2.48. The first-order valence-corrected chi connectivity index (χ1v) is 7.25. The smallest absolute Gasteiger partial charge is 0.152 e. The van der Waals surface area contributed by atoms with Crippen LogP contribution in [0.2, 0.25) is 0 Å². The number of piperidine rings is 1. The SMILES string of the molecule is CNC1CCCN(Cc2cn[nH]c2-c2ccc(C)o2)C1. The molecule has 1 atom stereocenters. The first kappa shape index (κ1) is 13.4. The van der Waals surface area contributed by atoms with Crippen molar-refractivity contribution in [3.05, 3.63) is 29.7 Å². The third-order valence-corrected chi connectivity index (χ3v) is 4.01. The Balaban J connectivity index is 1.73. The monoisotopic (exact) mass is 274 g/mol. The van der Waals surface area contributed by atoms with Crippen molar-refractivity contribution in [2.75, 3.05) is 20.1 Å². The summed E-state index contributed by atoms with van der Waals surface area (Å²) in [5.41, 5.74) is 2.21. The largest absolute Gasteiger partial charge is 0.460 e. The maximum absolute atomic E-state index is 5.70. The van der Waals surface area contributed by atoms with Crippen molar-refractivity contribution in [2.24, 2.45) is 0 Å². The zero-order valence-electron chi connectivity index (χ0n) is 12.1. The molecule has 5 nitrogen and oxygen atoms in total. The highest BCUT2D eigenvalue weighted by atomic mass is 16.3. The summed E-state index contributed by atoms with van der Waals surface area (Å²) in [6.07, 6.45) is 4.43. The van der Waals surface area contributed by atoms with Crippen molar-refractivity contribution in [1.29, 1.82) is 0 Å². The van der Waals surface area contributed by atoms with Gasteiger partial charge in [-0.25, -0.2) is 0 Å². The van der Waals surface area contributed by atoms with E-state index in [-0.39, 0.29) is 0 Å². The number of nitrogens with one attached hydrogen (secondary N) is 2. The summed E-state index contributed by atoms with van der Waals surface area (Å²) < 4.78 is 5.70. The lowest BCUT2D eigenvalue weighted by atomic mass is 10.0. The lowest BCUT2D eigenvalue weighted by Gasteiger charge is -2.32. The minimum Gasteiger partial charge on any atom is -0.460 e. The number of furan rings is 1. The van der Waals surface area contributed by atoms with Gasteiger partial charge in [0.25, 0.3) is 0 Å². The number of likely N-dealkylation sites (tertiary alicyclic amines) is 1. The van der Waals surface area contributed by atoms with Crippen LogP contribution in [-0.4, -0.2) is 41.3 Å². The number of H-pyrrole nitrogens is 1. The summed E-state index contributed by atoms with van der Waals surface area (Å²) >= 11 is 0. The molecule has 0 radical (unpaired) electrons. The molecule has 2 aromatic heterocycles. The van der Waals surface area contributed by atoms with Crippen LogP contribution in [0.5, 0.6) is 0 Å². The molecule has 0 aliphatic carbocycles. The molecule has 20 heavy (non-hydrogen) atoms. The number of likely N-dealkylation sites (N-methyl/N-ethyl adjacent to an activating group) is 1. The summed E-state index contributed by atoms with van der Waals surface area (Å²) in [5, 5.41) is 10.6. The maximum atomic E-state index is 5.70. The van der Waals surface area contributed by atoms with Gasteiger partial charge in [0, 0.05) is 24.7 Å². The number of hydrogen-bond acceptors (Lipinski definition) is 4. The van der Waals surface area contributed by atoms with E-state index in [4.69, 9.17) is 4.42 Å². The van der Waals surface area contributed by atoms with Crippen LogP contribution in [0.15, 0.2) is 22.7 Å². The maximum Gasteiger partial charge on any atom is 0.152 e. The second kappa shape index (κ2) is 5.81. The van der Waals surface area contributed by atoms with Crippen molar-refractivity contribution in [3.63, 3.8) is 0 Å². The Morgan fingerprint density at radius 2 is 2.40 bits per heavy atom. The van der Waals surface area contributed by atoms with E-state index >= 15 is 0 Å². The molecule has 1 fully saturated rings. The fraction of sp³-hybridized carbons (Fsp3) is 0.533. The molecule has 1 aliphatic heterocycles. The number of rotatable bonds is 4. The second-order valence-corrected chi connectivity index (χ2v) is 5.54. The van der Waals surface area contributed by atoms with E-state index in [9.17, 15) is 0 Å². The van der Waals surface area contributed by atoms with Gasteiger partial charge in [0.2, 0.25) is 0 Å². The van der Waals surface area contributed by atoms with Gasteiger partial charge in [-0.05, 0) is 45.5 Å². The third kappa shape index (κ3) is 2.78. The molecule has 108 valence electrons. The van der Waals surface area contributed by atoms with Crippen LogP contribution < -0.4 is 5.32 Å². The molecule has 0 saturated carbocycles. The van der Waals surface area contributed by atoms with Crippen LogP contribution in [0.1, 0.15) is 24.2 Å². The van der Waals surface area contributed by atoms with Crippen LogP contribution >= 0.6 is 0 Å². The summed E-state index contributed by atoms with van der Waals surface area (Å²) in [6, 6.07) is 4.58. The van der Waals surface area contributed by atoms with Crippen LogP contribution in [0.25, 0.3) is 11.5 Å². The van der Waals surface area contributed by atoms with Gasteiger partial charge in [-0.2, -0.15) is 5.10 Å². The minimum atomic E-state index is 0.602. The average Bonchev–Trinajstić information content (AvgIpc) is 3.08. The molecule has 3 rings (SSSR count). The second-order valence-electron chi connectivity index (χ2n) is 5.54. The molecule has 1 unspecified atom stereocenters. The Labute approximate surface area is 119 Å². The molecule has 0 aromatic carbocycles. The summed E-state index contributed by atoms with van der Waals surface area (Å²) in [5.74, 6) is 1.80. The van der Waals surface area contributed by atoms with Crippen molar-refractivity contribution < 1.29 is 4.42 Å². The van der Waals surface area contributed by atoms with Gasteiger partial charge in [0.05, 0.1) is 6.20 Å². The van der Waals surface area contributed by atoms with Gasteiger partial charge in [0.1, 0.15) is 11.5 Å². The molecular formula is C15H22N4O. The van der Waals surface area contributed by atoms with E-state index < -0.39 is 0 Å². The van der Waals surface area contributed by atoms with E-state index in [2.05, 4.69) is 20.4 Å². The van der Waals surface area contributed by atoms with Crippen molar-refractivity contribution in [3.8, 4) is 11.5 Å². The van der Waals surface area contributed by atoms with E-state index in [1.54, 1.807) is 0 Å². The van der Waals surface area contributed by atoms with Gasteiger partial charge in [-0.1, -0.05) is 0 Å². The Bertz CT molecular complexity index is 560. The number of aryl methyl sites for hydroxylation is 1. The first-order valence-electron chi connectivity index (χ1n) is 7.25. The number of nitrogens with zero attached hydrogens (tertiary/aromatic N) is 2. The van der Waals surface area contributed by atoms with Crippen LogP contribution in [0, 0.1) is 6.92 Å². The molecule has 0 spiro atoms. The molecule has 0 amide bonds. The average molecular weight is 274 g/mol. The fourth-order valence-corrected chi connectivity index (χ4v) is 2.89. The van der Waals surface area contributed by atoms with Gasteiger partial charge >= 0.3 is 0 Å². The quantitative estimate of drug-likeness (QED) is 0.897. The zero-order chi connectivity index (χ0) is 13.9. The minimum absolute atomic E-state index is 0.602. The Hall–Kier alpha value is -1.59. The third-order valence-electron chi connectivity index (χ3n) is 4.01. The van der Waals surface area contributed by atoms with Crippen LogP contribution in [0.3, 0.4) is 0 Å². The Kier molecular flexibility index (Phi) is 3.89. The topological polar surface area (TPSA) is 57.1 Å². The zero-order valence-corrected chi connectivity index (χ0v) is 12.1. The number of aromatic amines is 1. The summed E-state index contributed by atoms with van der Waals surface area (Å²) in [6.45, 7) is 5.13. The Morgan fingerprint density at radius 3 is 3.15 bits per heavy atom. The number of aromatic nitrogens is 2. The van der Waals surface area contributed by atoms with Gasteiger partial charge in [-0.3, -0.25) is 10.00 Å². The van der Waals surface area contributed by atoms with Crippen LogP contribution in [-0.2, 0) is 6.54 Å². The summed E-state index contributed by atoms with van der Waals surface area (Å²) in [7, 11) is 2.04. The molecule has 2 N–H and O–H groups in total. The molecular weight excluding hydrogens is 252 g/mol. The standard InChI is InChI=1S/C15H22N4O/c1-11-5-6-14(20-11)15-12(8-17-18-15)9-19-7-3-4-13(10-19)16-2/h5-6,8,13,16H,3-4,7,9-10H2,1-2H3,(H,17,18). The van der Waals surface area contributed by atoms with E-state index in [1.807, 2.05) is 32.3 Å². The van der Waals surface area contributed by atoms with Crippen LogP contribution in [0.4, 0.5) is 0 Å². The predicted octanol–water partition coefficient (Wildman–Crippen LogP) is 2.16. The highest BCUT2D eigenvalue weighted by molar-refractivity contribution is 5.56.